The van der Waals surface area contributed by atoms with E-state index < -0.39 is 5.91 Å². The van der Waals surface area contributed by atoms with Crippen LogP contribution in [0.4, 0.5) is 11.6 Å². The number of hydrogen-bond acceptors (Lipinski definition) is 5. The fraction of sp³-hybridized carbons (Fsp3) is 0. The Morgan fingerprint density at radius 2 is 2.09 bits per heavy atom. The first-order valence-corrected chi connectivity index (χ1v) is 7.50. The van der Waals surface area contributed by atoms with Crippen molar-refractivity contribution in [1.29, 1.82) is 0 Å². The third-order valence-electron chi connectivity index (χ3n) is 3.05. The van der Waals surface area contributed by atoms with Crippen LogP contribution in [0.15, 0.2) is 48.7 Å². The molecule has 1 aromatic carbocycles. The molecule has 7 heteroatoms. The van der Waals surface area contributed by atoms with E-state index in [9.17, 15) is 4.79 Å². The first kappa shape index (κ1) is 14.3. The Labute approximate surface area is 132 Å². The van der Waals surface area contributed by atoms with Gasteiger partial charge in [-0.3, -0.25) is 4.79 Å². The van der Waals surface area contributed by atoms with E-state index in [2.05, 4.69) is 29.2 Å². The Balaban J connectivity index is 1.87. The van der Waals surface area contributed by atoms with Crippen LogP contribution in [0, 0.1) is 0 Å². The summed E-state index contributed by atoms with van der Waals surface area (Å²) in [5, 5.41) is 3.09. The van der Waals surface area contributed by atoms with Gasteiger partial charge in [0.25, 0.3) is 0 Å². The van der Waals surface area contributed by atoms with Gasteiger partial charge in [0.15, 0.2) is 7.85 Å². The SMILES string of the molecule is Bc1ccc(-c2ccnc(Nc3cccc(C(N)=O)c3)n2)s1. The minimum atomic E-state index is -0.465. The van der Waals surface area contributed by atoms with Gasteiger partial charge in [-0.25, -0.2) is 9.97 Å². The molecular formula is C15H13BN4OS. The lowest BCUT2D eigenvalue weighted by Crippen LogP contribution is -2.11. The van der Waals surface area contributed by atoms with E-state index in [1.54, 1.807) is 35.7 Å². The number of amides is 1. The first-order valence-electron chi connectivity index (χ1n) is 6.68. The number of primary amides is 1. The van der Waals surface area contributed by atoms with Crippen LogP contribution in [0.25, 0.3) is 10.6 Å². The van der Waals surface area contributed by atoms with Crippen LogP contribution in [0.5, 0.6) is 0 Å². The van der Waals surface area contributed by atoms with Crippen molar-refractivity contribution in [2.45, 2.75) is 0 Å². The largest absolute Gasteiger partial charge is 0.366 e. The number of rotatable bonds is 4. The zero-order valence-corrected chi connectivity index (χ0v) is 12.7. The average molecular weight is 308 g/mol. The van der Waals surface area contributed by atoms with E-state index in [0.29, 0.717) is 11.5 Å². The van der Waals surface area contributed by atoms with Crippen molar-refractivity contribution in [3.05, 3.63) is 54.2 Å². The number of carbonyl (C=O) groups is 1. The van der Waals surface area contributed by atoms with Crippen LogP contribution < -0.4 is 15.8 Å². The summed E-state index contributed by atoms with van der Waals surface area (Å²) in [5.74, 6) is 0.0116. The van der Waals surface area contributed by atoms with Gasteiger partial charge in [0.2, 0.25) is 11.9 Å². The van der Waals surface area contributed by atoms with Crippen molar-refractivity contribution in [3.8, 4) is 10.6 Å². The number of thiophene rings is 1. The number of aromatic nitrogens is 2. The summed E-state index contributed by atoms with van der Waals surface area (Å²) >= 11 is 1.68. The zero-order chi connectivity index (χ0) is 15.5. The summed E-state index contributed by atoms with van der Waals surface area (Å²) in [6.45, 7) is 0. The van der Waals surface area contributed by atoms with Crippen molar-refractivity contribution >= 4 is 41.5 Å². The van der Waals surface area contributed by atoms with Crippen LogP contribution >= 0.6 is 11.3 Å². The predicted molar refractivity (Wildman–Crippen MR) is 91.8 cm³/mol. The van der Waals surface area contributed by atoms with E-state index in [4.69, 9.17) is 5.73 Å². The molecule has 5 nitrogen and oxygen atoms in total. The molecular weight excluding hydrogens is 295 g/mol. The number of nitrogens with zero attached hydrogens (tertiary/aromatic N) is 2. The van der Waals surface area contributed by atoms with E-state index in [1.165, 1.54) is 4.78 Å². The maximum Gasteiger partial charge on any atom is 0.248 e. The van der Waals surface area contributed by atoms with Crippen molar-refractivity contribution in [1.82, 2.24) is 9.97 Å². The molecule has 0 spiro atoms. The minimum Gasteiger partial charge on any atom is -0.366 e. The first-order chi connectivity index (χ1) is 10.6. The summed E-state index contributed by atoms with van der Waals surface area (Å²) in [6.07, 6.45) is 1.71. The molecule has 0 fully saturated rings. The average Bonchev–Trinajstić information content (AvgIpc) is 2.94. The van der Waals surface area contributed by atoms with Gasteiger partial charge < -0.3 is 11.1 Å². The summed E-state index contributed by atoms with van der Waals surface area (Å²) in [5.41, 5.74) is 7.30. The van der Waals surface area contributed by atoms with Crippen molar-refractivity contribution in [3.63, 3.8) is 0 Å². The topological polar surface area (TPSA) is 80.9 Å². The Bertz CT molecular complexity index is 834. The lowest BCUT2D eigenvalue weighted by molar-refractivity contribution is 0.100. The number of carbonyl (C=O) groups excluding carboxylic acids is 1. The Morgan fingerprint density at radius 1 is 1.23 bits per heavy atom. The zero-order valence-electron chi connectivity index (χ0n) is 11.9. The molecule has 3 rings (SSSR count). The van der Waals surface area contributed by atoms with Crippen molar-refractivity contribution in [2.24, 2.45) is 5.73 Å². The Kier molecular flexibility index (Phi) is 3.89. The molecule has 0 bridgehead atoms. The molecule has 0 radical (unpaired) electrons. The summed E-state index contributed by atoms with van der Waals surface area (Å²) in [6, 6.07) is 12.9. The number of anilines is 2. The lowest BCUT2D eigenvalue weighted by Gasteiger charge is -2.06. The van der Waals surface area contributed by atoms with Gasteiger partial charge in [-0.15, -0.1) is 11.3 Å². The second kappa shape index (κ2) is 5.99. The summed E-state index contributed by atoms with van der Waals surface area (Å²) < 4.78 is 1.23. The van der Waals surface area contributed by atoms with E-state index >= 15 is 0 Å². The van der Waals surface area contributed by atoms with Crippen LogP contribution in [-0.2, 0) is 0 Å². The maximum atomic E-state index is 11.2. The van der Waals surface area contributed by atoms with Crippen molar-refractivity contribution in [2.75, 3.05) is 5.32 Å². The van der Waals surface area contributed by atoms with Gasteiger partial charge in [-0.2, -0.15) is 0 Å². The molecule has 0 aliphatic rings. The lowest BCUT2D eigenvalue weighted by atomic mass is 10.1. The molecule has 108 valence electrons. The van der Waals surface area contributed by atoms with Gasteiger partial charge in [0.1, 0.15) is 0 Å². The third-order valence-corrected chi connectivity index (χ3v) is 4.07. The molecule has 1 amide bonds. The molecule has 2 aromatic heterocycles. The highest BCUT2D eigenvalue weighted by Crippen LogP contribution is 2.22. The predicted octanol–water partition coefficient (Wildman–Crippen LogP) is 1.31. The van der Waals surface area contributed by atoms with Gasteiger partial charge in [0, 0.05) is 17.4 Å². The van der Waals surface area contributed by atoms with E-state index in [0.717, 1.165) is 16.3 Å². The fourth-order valence-corrected chi connectivity index (χ4v) is 2.84. The van der Waals surface area contributed by atoms with Gasteiger partial charge >= 0.3 is 0 Å². The highest BCUT2D eigenvalue weighted by Gasteiger charge is 2.06. The summed E-state index contributed by atoms with van der Waals surface area (Å²) in [7, 11) is 2.06. The van der Waals surface area contributed by atoms with Gasteiger partial charge in [0.05, 0.1) is 10.6 Å². The molecule has 0 aliphatic carbocycles. The van der Waals surface area contributed by atoms with Crippen LogP contribution in [0.1, 0.15) is 10.4 Å². The monoisotopic (exact) mass is 308 g/mol. The molecule has 0 unspecified atom stereocenters. The fourth-order valence-electron chi connectivity index (χ4n) is 2.01. The highest BCUT2D eigenvalue weighted by molar-refractivity contribution is 7.23. The third kappa shape index (κ3) is 3.15. The molecule has 0 saturated heterocycles. The smallest absolute Gasteiger partial charge is 0.248 e. The van der Waals surface area contributed by atoms with Gasteiger partial charge in [-0.1, -0.05) is 12.1 Å². The van der Waals surface area contributed by atoms with E-state index in [1.807, 2.05) is 18.2 Å². The number of hydrogen-bond donors (Lipinski definition) is 2. The molecule has 0 saturated carbocycles. The Morgan fingerprint density at radius 3 is 2.82 bits per heavy atom. The van der Waals surface area contributed by atoms with Crippen LogP contribution in [-0.4, -0.2) is 23.7 Å². The minimum absolute atomic E-state index is 0.440. The van der Waals surface area contributed by atoms with Crippen molar-refractivity contribution < 1.29 is 4.79 Å². The van der Waals surface area contributed by atoms with Crippen LogP contribution in [0.2, 0.25) is 0 Å². The number of benzene rings is 1. The molecule has 2 heterocycles. The molecule has 0 atom stereocenters. The molecule has 3 aromatic rings. The maximum absolute atomic E-state index is 11.2. The van der Waals surface area contributed by atoms with E-state index in [-0.39, 0.29) is 0 Å². The molecule has 3 N–H and O–H groups in total. The van der Waals surface area contributed by atoms with Gasteiger partial charge in [-0.05, 0) is 35.1 Å². The Hall–Kier alpha value is -2.67. The number of nitrogens with two attached hydrogens (primary N) is 1. The molecule has 0 aliphatic heterocycles. The molecule has 22 heavy (non-hydrogen) atoms. The second-order valence-electron chi connectivity index (χ2n) is 4.75. The van der Waals surface area contributed by atoms with Crippen LogP contribution in [0.3, 0.4) is 0 Å². The standard InChI is InChI=1S/C15H13BN4OS/c16-13-5-4-12(22-13)11-6-7-18-15(20-11)19-10-3-1-2-9(8-10)14(17)21/h1-8H,16H2,(H2,17,21)(H,18,19,20). The normalized spacial score (nSPS) is 10.4. The highest BCUT2D eigenvalue weighted by atomic mass is 32.1. The summed E-state index contributed by atoms with van der Waals surface area (Å²) in [4.78, 5) is 21.0. The quantitative estimate of drug-likeness (QED) is 0.712. The number of nitrogens with one attached hydrogen (secondary N) is 1. The second-order valence-corrected chi connectivity index (χ2v) is 6.03.